The fraction of sp³-hybridized carbons (Fsp3) is 0.280. The Morgan fingerprint density at radius 3 is 2.35 bits per heavy atom. The number of carbonyl (C=O) groups is 1. The summed E-state index contributed by atoms with van der Waals surface area (Å²) in [7, 11) is 0. The van der Waals surface area contributed by atoms with Crippen molar-refractivity contribution < 1.29 is 4.79 Å². The van der Waals surface area contributed by atoms with Crippen molar-refractivity contribution in [2.45, 2.75) is 26.4 Å². The topological polar surface area (TPSA) is 54.3 Å². The van der Waals surface area contributed by atoms with Crippen LogP contribution in [0.15, 0.2) is 77.7 Å². The zero-order chi connectivity index (χ0) is 22.2. The summed E-state index contributed by atoms with van der Waals surface area (Å²) in [4.78, 5) is 28.1. The highest BCUT2D eigenvalue weighted by atomic mass is 35.5. The Balaban J connectivity index is 1.79. The number of benzene rings is 2. The molecule has 1 N–H and O–H groups in total. The standard InChI is InChI=1S/C25H28ClN3O2/c1-3-28(4-2)23(20-13-8-9-15-22(20)26)17-27-24(30)21-14-10-16-29(25(21)31)18-19-11-6-5-7-12-19/h5-16,23H,3-4,17-18H2,1-2H3,(H,27,30). The quantitative estimate of drug-likeness (QED) is 0.541. The van der Waals surface area contributed by atoms with Gasteiger partial charge in [-0.25, -0.2) is 0 Å². The predicted molar refractivity (Wildman–Crippen MR) is 126 cm³/mol. The van der Waals surface area contributed by atoms with Gasteiger partial charge >= 0.3 is 0 Å². The van der Waals surface area contributed by atoms with Gasteiger partial charge in [0.1, 0.15) is 5.56 Å². The van der Waals surface area contributed by atoms with E-state index in [0.29, 0.717) is 18.1 Å². The number of pyridine rings is 1. The molecule has 6 heteroatoms. The van der Waals surface area contributed by atoms with E-state index < -0.39 is 0 Å². The van der Waals surface area contributed by atoms with Crippen LogP contribution in [-0.4, -0.2) is 35.0 Å². The number of halogens is 1. The number of hydrogen-bond acceptors (Lipinski definition) is 3. The van der Waals surface area contributed by atoms with Crippen molar-refractivity contribution in [3.8, 4) is 0 Å². The van der Waals surface area contributed by atoms with Gasteiger partial charge in [-0.2, -0.15) is 0 Å². The molecule has 3 rings (SSSR count). The summed E-state index contributed by atoms with van der Waals surface area (Å²) >= 11 is 6.44. The third-order valence-corrected chi connectivity index (χ3v) is 5.78. The summed E-state index contributed by atoms with van der Waals surface area (Å²) in [5, 5.41) is 3.62. The SMILES string of the molecule is CCN(CC)C(CNC(=O)c1cccn(Cc2ccccc2)c1=O)c1ccccc1Cl. The van der Waals surface area contributed by atoms with Gasteiger partial charge in [0.15, 0.2) is 0 Å². The lowest BCUT2D eigenvalue weighted by Crippen LogP contribution is -2.40. The number of nitrogens with one attached hydrogen (secondary N) is 1. The maximum Gasteiger partial charge on any atom is 0.263 e. The fourth-order valence-electron chi connectivity index (χ4n) is 3.74. The van der Waals surface area contributed by atoms with E-state index in [0.717, 1.165) is 24.2 Å². The van der Waals surface area contributed by atoms with Gasteiger partial charge in [0.2, 0.25) is 0 Å². The van der Waals surface area contributed by atoms with Gasteiger partial charge in [0, 0.05) is 17.8 Å². The highest BCUT2D eigenvalue weighted by Gasteiger charge is 2.22. The van der Waals surface area contributed by atoms with E-state index in [1.807, 2.05) is 54.6 Å². The van der Waals surface area contributed by atoms with Crippen molar-refractivity contribution in [1.82, 2.24) is 14.8 Å². The normalized spacial score (nSPS) is 12.0. The van der Waals surface area contributed by atoms with E-state index in [1.54, 1.807) is 22.9 Å². The van der Waals surface area contributed by atoms with Crippen molar-refractivity contribution in [1.29, 1.82) is 0 Å². The van der Waals surface area contributed by atoms with Crippen LogP contribution in [0.2, 0.25) is 5.02 Å². The Bertz CT molecular complexity index is 1060. The molecule has 0 aliphatic carbocycles. The Labute approximate surface area is 188 Å². The minimum atomic E-state index is -0.378. The number of aromatic nitrogens is 1. The maximum absolute atomic E-state index is 12.9. The summed E-state index contributed by atoms with van der Waals surface area (Å²) in [6.45, 7) is 6.57. The molecular weight excluding hydrogens is 410 g/mol. The lowest BCUT2D eigenvalue weighted by atomic mass is 10.0. The van der Waals surface area contributed by atoms with Crippen LogP contribution >= 0.6 is 11.6 Å². The summed E-state index contributed by atoms with van der Waals surface area (Å²) in [6, 6.07) is 20.6. The maximum atomic E-state index is 12.9. The van der Waals surface area contributed by atoms with Crippen LogP contribution in [0.3, 0.4) is 0 Å². The van der Waals surface area contributed by atoms with Crippen molar-refractivity contribution in [3.63, 3.8) is 0 Å². The molecule has 0 radical (unpaired) electrons. The molecule has 1 heterocycles. The first kappa shape index (κ1) is 22.8. The second kappa shape index (κ2) is 10.9. The first-order valence-corrected chi connectivity index (χ1v) is 10.9. The largest absolute Gasteiger partial charge is 0.350 e. The molecule has 1 atom stereocenters. The van der Waals surface area contributed by atoms with Gasteiger partial charge in [-0.1, -0.05) is 74.0 Å². The second-order valence-electron chi connectivity index (χ2n) is 7.31. The average Bonchev–Trinajstić information content (AvgIpc) is 2.79. The molecule has 0 spiro atoms. The number of nitrogens with zero attached hydrogens (tertiary/aromatic N) is 2. The molecule has 0 aliphatic rings. The number of rotatable bonds is 9. The van der Waals surface area contributed by atoms with Gasteiger partial charge in [-0.3, -0.25) is 14.5 Å². The van der Waals surface area contributed by atoms with Crippen molar-refractivity contribution in [2.75, 3.05) is 19.6 Å². The number of likely N-dealkylation sites (N-methyl/N-ethyl adjacent to an activating group) is 1. The minimum absolute atomic E-state index is 0.0806. The van der Waals surface area contributed by atoms with E-state index in [9.17, 15) is 9.59 Å². The molecular formula is C25H28ClN3O2. The molecule has 0 aliphatic heterocycles. The van der Waals surface area contributed by atoms with Crippen LogP contribution in [0.25, 0.3) is 0 Å². The molecule has 162 valence electrons. The van der Waals surface area contributed by atoms with E-state index in [2.05, 4.69) is 24.1 Å². The van der Waals surface area contributed by atoms with Crippen molar-refractivity contribution >= 4 is 17.5 Å². The van der Waals surface area contributed by atoms with E-state index in [1.165, 1.54) is 0 Å². The van der Waals surface area contributed by atoms with Gasteiger partial charge in [0.05, 0.1) is 12.6 Å². The van der Waals surface area contributed by atoms with Crippen LogP contribution in [-0.2, 0) is 6.54 Å². The van der Waals surface area contributed by atoms with E-state index in [4.69, 9.17) is 11.6 Å². The third kappa shape index (κ3) is 5.63. The third-order valence-electron chi connectivity index (χ3n) is 5.43. The first-order chi connectivity index (χ1) is 15.0. The van der Waals surface area contributed by atoms with Crippen LogP contribution in [0.1, 0.15) is 41.4 Å². The molecule has 3 aromatic rings. The number of hydrogen-bond donors (Lipinski definition) is 1. The van der Waals surface area contributed by atoms with Gasteiger partial charge in [0.25, 0.3) is 11.5 Å². The van der Waals surface area contributed by atoms with E-state index >= 15 is 0 Å². The smallest absolute Gasteiger partial charge is 0.263 e. The van der Waals surface area contributed by atoms with E-state index in [-0.39, 0.29) is 23.1 Å². The highest BCUT2D eigenvalue weighted by Crippen LogP contribution is 2.27. The number of carbonyl (C=O) groups excluding carboxylic acids is 1. The molecule has 0 saturated carbocycles. The molecule has 1 unspecified atom stereocenters. The highest BCUT2D eigenvalue weighted by molar-refractivity contribution is 6.31. The zero-order valence-corrected chi connectivity index (χ0v) is 18.7. The molecule has 0 fully saturated rings. The summed E-state index contributed by atoms with van der Waals surface area (Å²) in [5.41, 5.74) is 1.79. The van der Waals surface area contributed by atoms with Gasteiger partial charge in [-0.15, -0.1) is 0 Å². The Morgan fingerprint density at radius 1 is 1.00 bits per heavy atom. The van der Waals surface area contributed by atoms with Crippen molar-refractivity contribution in [3.05, 3.63) is 105 Å². The molecule has 2 aromatic carbocycles. The summed E-state index contributed by atoms with van der Waals surface area (Å²) in [6.07, 6.45) is 1.70. The Kier molecular flexibility index (Phi) is 8.04. The molecule has 1 aromatic heterocycles. The van der Waals surface area contributed by atoms with Gasteiger partial charge in [-0.05, 0) is 42.4 Å². The lowest BCUT2D eigenvalue weighted by molar-refractivity contribution is 0.0933. The van der Waals surface area contributed by atoms with Gasteiger partial charge < -0.3 is 9.88 Å². The minimum Gasteiger partial charge on any atom is -0.350 e. The number of amides is 1. The first-order valence-electron chi connectivity index (χ1n) is 10.5. The molecule has 1 amide bonds. The van der Waals surface area contributed by atoms with Crippen LogP contribution in [0.5, 0.6) is 0 Å². The summed E-state index contributed by atoms with van der Waals surface area (Å²) < 4.78 is 1.56. The molecule has 5 nitrogen and oxygen atoms in total. The predicted octanol–water partition coefficient (Wildman–Crippen LogP) is 4.36. The van der Waals surface area contributed by atoms with Crippen LogP contribution in [0, 0.1) is 0 Å². The molecule has 0 bridgehead atoms. The molecule has 31 heavy (non-hydrogen) atoms. The fourth-order valence-corrected chi connectivity index (χ4v) is 4.01. The Morgan fingerprint density at radius 2 is 1.68 bits per heavy atom. The zero-order valence-electron chi connectivity index (χ0n) is 17.9. The Hall–Kier alpha value is -2.89. The second-order valence-corrected chi connectivity index (χ2v) is 7.72. The summed E-state index contributed by atoms with van der Waals surface area (Å²) in [5.74, 6) is -0.378. The van der Waals surface area contributed by atoms with Crippen LogP contribution < -0.4 is 10.9 Å². The van der Waals surface area contributed by atoms with Crippen LogP contribution in [0.4, 0.5) is 0 Å². The monoisotopic (exact) mass is 437 g/mol. The lowest BCUT2D eigenvalue weighted by Gasteiger charge is -2.30. The van der Waals surface area contributed by atoms with Crippen molar-refractivity contribution in [2.24, 2.45) is 0 Å². The molecule has 0 saturated heterocycles. The average molecular weight is 438 g/mol.